The maximum atomic E-state index is 13.4. The summed E-state index contributed by atoms with van der Waals surface area (Å²) < 4.78 is 36.6. The van der Waals surface area contributed by atoms with Crippen LogP contribution in [0, 0.1) is 0 Å². The van der Waals surface area contributed by atoms with E-state index in [0.29, 0.717) is 40.3 Å². The van der Waals surface area contributed by atoms with E-state index in [4.69, 9.17) is 9.47 Å². The lowest BCUT2D eigenvalue weighted by Crippen LogP contribution is -2.48. The number of benzene rings is 1. The largest absolute Gasteiger partial charge is 0.394 e. The van der Waals surface area contributed by atoms with Gasteiger partial charge in [-0.2, -0.15) is 0 Å². The van der Waals surface area contributed by atoms with Crippen molar-refractivity contribution >= 4 is 42.6 Å². The topological polar surface area (TPSA) is 148 Å². The Balaban J connectivity index is 1.41. The first-order chi connectivity index (χ1) is 16.9. The van der Waals surface area contributed by atoms with Crippen LogP contribution >= 0.6 is 11.3 Å². The molecule has 2 fully saturated rings. The number of aromatic nitrogens is 2. The number of anilines is 1. The molecule has 1 aliphatic carbocycles. The third-order valence-corrected chi connectivity index (χ3v) is 9.27. The van der Waals surface area contributed by atoms with Gasteiger partial charge < -0.3 is 19.7 Å². The number of carbonyl (C=O) groups excluding carboxylic acids is 1. The Morgan fingerprint density at radius 3 is 2.69 bits per heavy atom. The van der Waals surface area contributed by atoms with Crippen molar-refractivity contribution in [2.75, 3.05) is 18.5 Å². The number of hydrogen-bond donors (Lipinski definition) is 3. The number of hydrogen-bond acceptors (Lipinski definition) is 10. The van der Waals surface area contributed by atoms with Crippen LogP contribution < -0.4 is 5.32 Å². The second-order valence-electron chi connectivity index (χ2n) is 8.58. The van der Waals surface area contributed by atoms with Crippen molar-refractivity contribution in [3.8, 4) is 0 Å². The highest BCUT2D eigenvalue weighted by Gasteiger charge is 2.38. The minimum absolute atomic E-state index is 0.201. The van der Waals surface area contributed by atoms with Crippen molar-refractivity contribution in [1.82, 2.24) is 9.97 Å². The number of rotatable bonds is 8. The predicted octanol–water partition coefficient (Wildman–Crippen LogP) is 1.83. The first-order valence-corrected chi connectivity index (χ1v) is 13.7. The number of pyridine rings is 1. The van der Waals surface area contributed by atoms with Crippen LogP contribution in [0.5, 0.6) is 0 Å². The highest BCUT2D eigenvalue weighted by Crippen LogP contribution is 2.35. The van der Waals surface area contributed by atoms with Gasteiger partial charge in [-0.1, -0.05) is 23.5 Å². The molecule has 1 aliphatic heterocycles. The summed E-state index contributed by atoms with van der Waals surface area (Å²) in [6.07, 6.45) is -0.622. The molecule has 4 atom stereocenters. The summed E-state index contributed by atoms with van der Waals surface area (Å²) in [6.45, 7) is -0.131. The second kappa shape index (κ2) is 9.88. The van der Waals surface area contributed by atoms with Crippen LogP contribution in [-0.2, 0) is 24.1 Å². The second-order valence-corrected chi connectivity index (χ2v) is 11.8. The van der Waals surface area contributed by atoms with Crippen LogP contribution in [0.4, 0.5) is 5.13 Å². The molecule has 1 aromatic carbocycles. The minimum atomic E-state index is -3.38. The summed E-state index contributed by atoms with van der Waals surface area (Å²) in [7, 11) is -3.38. The average Bonchev–Trinajstić information content (AvgIpc) is 3.64. The quantitative estimate of drug-likeness (QED) is 0.405. The van der Waals surface area contributed by atoms with E-state index in [9.17, 15) is 23.4 Å². The van der Waals surface area contributed by atoms with Gasteiger partial charge in [0, 0.05) is 12.8 Å². The molecule has 12 heteroatoms. The van der Waals surface area contributed by atoms with Gasteiger partial charge in [-0.3, -0.25) is 10.1 Å². The first kappa shape index (κ1) is 24.2. The molecule has 1 amide bonds. The van der Waals surface area contributed by atoms with Crippen molar-refractivity contribution in [3.63, 3.8) is 0 Å². The molecule has 1 saturated carbocycles. The number of nitrogens with one attached hydrogen (secondary N) is 1. The van der Waals surface area contributed by atoms with Crippen LogP contribution in [-0.4, -0.2) is 71.3 Å². The van der Waals surface area contributed by atoms with E-state index in [1.54, 1.807) is 30.5 Å². The van der Waals surface area contributed by atoms with Crippen LogP contribution in [0.1, 0.15) is 30.9 Å². The molecular weight excluding hydrogens is 494 g/mol. The standard InChI is InChI=1S/C23H25N3O7S2/c27-12-18-19(28)17(9-11-32-18)33-20(13-3-5-14(6-4-13)35(30,31)15-7-8-15)21(29)26-23-25-16-2-1-10-24-22(16)34-23/h1-6,10,15,17-20,27-28H,7-9,11-12H2,(H,25,26,29)/t17-,18-,19+,20?/m1/s1. The Labute approximate surface area is 205 Å². The number of thiazole rings is 1. The zero-order valence-electron chi connectivity index (χ0n) is 18.6. The summed E-state index contributed by atoms with van der Waals surface area (Å²) in [6, 6.07) is 9.59. The van der Waals surface area contributed by atoms with E-state index < -0.39 is 40.2 Å². The van der Waals surface area contributed by atoms with Crippen LogP contribution in [0.3, 0.4) is 0 Å². The molecule has 5 rings (SSSR count). The summed E-state index contributed by atoms with van der Waals surface area (Å²) in [5, 5.41) is 22.8. The normalized spacial score (nSPS) is 23.8. The van der Waals surface area contributed by atoms with E-state index in [1.165, 1.54) is 23.5 Å². The summed E-state index contributed by atoms with van der Waals surface area (Å²) >= 11 is 1.21. The van der Waals surface area contributed by atoms with E-state index in [0.717, 1.165) is 0 Å². The van der Waals surface area contributed by atoms with Gasteiger partial charge in [-0.05, 0) is 49.1 Å². The summed E-state index contributed by atoms with van der Waals surface area (Å²) in [4.78, 5) is 22.8. The predicted molar refractivity (Wildman–Crippen MR) is 128 cm³/mol. The van der Waals surface area contributed by atoms with Gasteiger partial charge in [0.2, 0.25) is 0 Å². The van der Waals surface area contributed by atoms with E-state index in [2.05, 4.69) is 15.3 Å². The van der Waals surface area contributed by atoms with Gasteiger partial charge in [-0.25, -0.2) is 18.4 Å². The van der Waals surface area contributed by atoms with E-state index in [1.807, 2.05) is 0 Å². The highest BCUT2D eigenvalue weighted by molar-refractivity contribution is 7.92. The van der Waals surface area contributed by atoms with Gasteiger partial charge in [0.25, 0.3) is 5.91 Å². The zero-order valence-corrected chi connectivity index (χ0v) is 20.2. The van der Waals surface area contributed by atoms with E-state index in [-0.39, 0.29) is 23.4 Å². The molecule has 0 bridgehead atoms. The molecule has 3 heterocycles. The van der Waals surface area contributed by atoms with Gasteiger partial charge >= 0.3 is 0 Å². The Morgan fingerprint density at radius 1 is 1.23 bits per heavy atom. The Bertz CT molecular complexity index is 1280. The summed E-state index contributed by atoms with van der Waals surface area (Å²) in [5.41, 5.74) is 1.07. The molecule has 2 aliphatic rings. The first-order valence-electron chi connectivity index (χ1n) is 11.3. The molecule has 2 aromatic heterocycles. The lowest BCUT2D eigenvalue weighted by molar-refractivity contribution is -0.182. The lowest BCUT2D eigenvalue weighted by atomic mass is 10.0. The van der Waals surface area contributed by atoms with Crippen molar-refractivity contribution in [3.05, 3.63) is 48.2 Å². The van der Waals surface area contributed by atoms with Crippen molar-refractivity contribution < 1.29 is 32.9 Å². The van der Waals surface area contributed by atoms with Gasteiger partial charge in [0.05, 0.1) is 22.9 Å². The SMILES string of the molecule is O=C(Nc1nc2cccnc2s1)C(O[C@@H]1CCO[C@H](CO)[C@H]1O)c1ccc(S(=O)(=O)C2CC2)cc1. The number of aliphatic hydroxyl groups excluding tert-OH is 2. The molecule has 3 aromatic rings. The lowest BCUT2D eigenvalue weighted by Gasteiger charge is -2.35. The molecule has 0 radical (unpaired) electrons. The van der Waals surface area contributed by atoms with Crippen LogP contribution in [0.2, 0.25) is 0 Å². The number of carbonyl (C=O) groups is 1. The zero-order chi connectivity index (χ0) is 24.6. The number of fused-ring (bicyclic) bond motifs is 1. The number of sulfone groups is 1. The Morgan fingerprint density at radius 2 is 2.00 bits per heavy atom. The molecule has 35 heavy (non-hydrogen) atoms. The van der Waals surface area contributed by atoms with Gasteiger partial charge in [0.15, 0.2) is 21.1 Å². The number of nitrogens with zero attached hydrogens (tertiary/aromatic N) is 2. The third kappa shape index (κ3) is 5.08. The molecule has 1 unspecified atom stereocenters. The Kier molecular flexibility index (Phi) is 6.84. The van der Waals surface area contributed by atoms with Crippen LogP contribution in [0.15, 0.2) is 47.5 Å². The fourth-order valence-electron chi connectivity index (χ4n) is 4.02. The monoisotopic (exact) mass is 519 g/mol. The van der Waals surface area contributed by atoms with Gasteiger partial charge in [0.1, 0.15) is 22.6 Å². The number of amides is 1. The molecule has 3 N–H and O–H groups in total. The van der Waals surface area contributed by atoms with E-state index >= 15 is 0 Å². The molecule has 1 saturated heterocycles. The fourth-order valence-corrected chi connectivity index (χ4v) is 6.49. The van der Waals surface area contributed by atoms with Crippen LogP contribution in [0.25, 0.3) is 10.3 Å². The molecule has 0 spiro atoms. The molecular formula is C23H25N3O7S2. The number of ether oxygens (including phenoxy) is 2. The van der Waals surface area contributed by atoms with Gasteiger partial charge in [-0.15, -0.1) is 0 Å². The maximum absolute atomic E-state index is 13.4. The number of aliphatic hydroxyl groups is 2. The third-order valence-electron chi connectivity index (χ3n) is 6.10. The maximum Gasteiger partial charge on any atom is 0.259 e. The smallest absolute Gasteiger partial charge is 0.259 e. The highest BCUT2D eigenvalue weighted by atomic mass is 32.2. The fraction of sp³-hybridized carbons (Fsp3) is 0.435. The summed E-state index contributed by atoms with van der Waals surface area (Å²) in [5.74, 6) is -0.527. The average molecular weight is 520 g/mol. The Hall–Kier alpha value is -2.48. The van der Waals surface area contributed by atoms with Crippen molar-refractivity contribution in [1.29, 1.82) is 0 Å². The molecule has 186 valence electrons. The van der Waals surface area contributed by atoms with Crippen molar-refractivity contribution in [2.24, 2.45) is 0 Å². The molecule has 10 nitrogen and oxygen atoms in total. The van der Waals surface area contributed by atoms with Crippen molar-refractivity contribution in [2.45, 2.75) is 53.8 Å². The minimum Gasteiger partial charge on any atom is -0.394 e.